The Morgan fingerprint density at radius 3 is 2.70 bits per heavy atom. The quantitative estimate of drug-likeness (QED) is 0.398. The van der Waals surface area contributed by atoms with Gasteiger partial charge in [-0.15, -0.1) is 10.2 Å². The summed E-state index contributed by atoms with van der Waals surface area (Å²) < 4.78 is 1.82. The van der Waals surface area contributed by atoms with Crippen molar-refractivity contribution in [2.45, 2.75) is 10.1 Å². The summed E-state index contributed by atoms with van der Waals surface area (Å²) in [7, 11) is 1.87. The molecule has 8 nitrogen and oxygen atoms in total. The van der Waals surface area contributed by atoms with Crippen molar-refractivity contribution in [2.75, 3.05) is 5.32 Å². The zero-order chi connectivity index (χ0) is 19.2. The molecule has 0 aliphatic carbocycles. The number of anilines is 1. The number of amides is 1. The van der Waals surface area contributed by atoms with E-state index < -0.39 is 4.92 Å². The summed E-state index contributed by atoms with van der Waals surface area (Å²) in [5.41, 5.74) is 1.20. The Balaban J connectivity index is 1.60. The minimum absolute atomic E-state index is 0.0199. The zero-order valence-corrected chi connectivity index (χ0v) is 15.1. The van der Waals surface area contributed by atoms with Gasteiger partial charge in [-0.1, -0.05) is 12.1 Å². The molecule has 1 aromatic heterocycles. The van der Waals surface area contributed by atoms with E-state index in [2.05, 4.69) is 15.5 Å². The number of nitrogens with zero attached hydrogens (tertiary/aromatic N) is 4. The van der Waals surface area contributed by atoms with Crippen LogP contribution < -0.4 is 5.32 Å². The number of non-ortho nitro benzene ring substituents is 1. The Kier molecular flexibility index (Phi) is 5.62. The molecule has 0 bridgehead atoms. The third-order valence-electron chi connectivity index (χ3n) is 3.51. The largest absolute Gasteiger partial charge is 0.323 e. The highest BCUT2D eigenvalue weighted by molar-refractivity contribution is 7.99. The van der Waals surface area contributed by atoms with Crippen molar-refractivity contribution < 1.29 is 9.72 Å². The molecular weight excluding hydrogens is 366 g/mol. The van der Waals surface area contributed by atoms with Crippen molar-refractivity contribution in [3.8, 4) is 0 Å². The molecule has 0 aliphatic heterocycles. The molecule has 1 N–H and O–H groups in total. The zero-order valence-electron chi connectivity index (χ0n) is 14.3. The molecule has 0 fully saturated rings. The number of benzene rings is 2. The SMILES string of the molecule is Cn1cnnc1Sc1ccc(NC(=O)/C=C/c2cccc([N+](=O)[O-])c2)cc1. The maximum Gasteiger partial charge on any atom is 0.270 e. The maximum atomic E-state index is 12.0. The van der Waals surface area contributed by atoms with E-state index in [4.69, 9.17) is 0 Å². The Labute approximate surface area is 159 Å². The molecule has 0 spiro atoms. The van der Waals surface area contributed by atoms with Crippen molar-refractivity contribution in [1.82, 2.24) is 14.8 Å². The predicted molar refractivity (Wildman–Crippen MR) is 102 cm³/mol. The molecule has 27 heavy (non-hydrogen) atoms. The molecule has 0 aliphatic rings. The van der Waals surface area contributed by atoms with E-state index in [1.807, 2.05) is 23.7 Å². The lowest BCUT2D eigenvalue weighted by molar-refractivity contribution is -0.384. The first-order chi connectivity index (χ1) is 13.0. The lowest BCUT2D eigenvalue weighted by Crippen LogP contribution is -2.07. The van der Waals surface area contributed by atoms with Crippen LogP contribution in [0.1, 0.15) is 5.56 Å². The lowest BCUT2D eigenvalue weighted by Gasteiger charge is -2.04. The van der Waals surface area contributed by atoms with Gasteiger partial charge in [0.25, 0.3) is 5.69 Å². The van der Waals surface area contributed by atoms with E-state index in [9.17, 15) is 14.9 Å². The number of aromatic nitrogens is 3. The van der Waals surface area contributed by atoms with Gasteiger partial charge in [-0.05, 0) is 47.7 Å². The third-order valence-corrected chi connectivity index (χ3v) is 4.57. The Bertz CT molecular complexity index is 998. The standard InChI is InChI=1S/C18H15N5O3S/c1-22-12-19-21-18(22)27-16-8-6-14(7-9-16)20-17(24)10-5-13-3-2-4-15(11-13)23(25)26/h2-12H,1H3,(H,20,24)/b10-5+. The van der Waals surface area contributed by atoms with Gasteiger partial charge < -0.3 is 9.88 Å². The molecule has 0 saturated heterocycles. The fourth-order valence-electron chi connectivity index (χ4n) is 2.17. The highest BCUT2D eigenvalue weighted by Gasteiger charge is 2.06. The number of rotatable bonds is 6. The van der Waals surface area contributed by atoms with Crippen molar-refractivity contribution in [3.05, 3.63) is 76.6 Å². The topological polar surface area (TPSA) is 103 Å². The summed E-state index contributed by atoms with van der Waals surface area (Å²) in [5.74, 6) is -0.324. The second-order valence-corrected chi connectivity index (χ2v) is 6.57. The fourth-order valence-corrected chi connectivity index (χ4v) is 2.94. The Morgan fingerprint density at radius 1 is 1.26 bits per heavy atom. The average molecular weight is 381 g/mol. The highest BCUT2D eigenvalue weighted by Crippen LogP contribution is 2.26. The van der Waals surface area contributed by atoms with Gasteiger partial charge in [0.15, 0.2) is 5.16 Å². The number of hydrogen-bond donors (Lipinski definition) is 1. The average Bonchev–Trinajstić information content (AvgIpc) is 3.06. The van der Waals surface area contributed by atoms with Crippen LogP contribution in [-0.4, -0.2) is 25.6 Å². The van der Waals surface area contributed by atoms with Gasteiger partial charge in [0.2, 0.25) is 5.91 Å². The Morgan fingerprint density at radius 2 is 2.04 bits per heavy atom. The minimum atomic E-state index is -0.474. The number of hydrogen-bond acceptors (Lipinski definition) is 6. The number of carbonyl (C=O) groups is 1. The van der Waals surface area contributed by atoms with E-state index in [0.29, 0.717) is 11.3 Å². The number of carbonyl (C=O) groups excluding carboxylic acids is 1. The Hall–Kier alpha value is -3.46. The highest BCUT2D eigenvalue weighted by atomic mass is 32.2. The summed E-state index contributed by atoms with van der Waals surface area (Å²) in [6, 6.07) is 13.4. The predicted octanol–water partition coefficient (Wildman–Crippen LogP) is 3.53. The summed E-state index contributed by atoms with van der Waals surface area (Å²) in [4.78, 5) is 23.3. The van der Waals surface area contributed by atoms with E-state index >= 15 is 0 Å². The first kappa shape index (κ1) is 18.3. The monoisotopic (exact) mass is 381 g/mol. The van der Waals surface area contributed by atoms with E-state index in [-0.39, 0.29) is 11.6 Å². The molecule has 2 aromatic carbocycles. The van der Waals surface area contributed by atoms with Gasteiger partial charge in [-0.25, -0.2) is 0 Å². The van der Waals surface area contributed by atoms with E-state index in [0.717, 1.165) is 10.1 Å². The number of nitro benzene ring substituents is 1. The second kappa shape index (κ2) is 8.28. The number of nitrogens with one attached hydrogen (secondary N) is 1. The van der Waals surface area contributed by atoms with Gasteiger partial charge in [-0.2, -0.15) is 0 Å². The van der Waals surface area contributed by atoms with Crippen LogP contribution in [0.15, 0.2) is 71.0 Å². The molecule has 0 atom stereocenters. The van der Waals surface area contributed by atoms with Crippen molar-refractivity contribution >= 4 is 35.1 Å². The number of aryl methyl sites for hydroxylation is 1. The lowest BCUT2D eigenvalue weighted by atomic mass is 10.2. The molecule has 0 radical (unpaired) electrons. The molecule has 3 rings (SSSR count). The summed E-state index contributed by atoms with van der Waals surface area (Å²) in [6.07, 6.45) is 4.49. The van der Waals surface area contributed by atoms with Gasteiger partial charge >= 0.3 is 0 Å². The van der Waals surface area contributed by atoms with Gasteiger partial charge in [0, 0.05) is 35.8 Å². The maximum absolute atomic E-state index is 12.0. The van der Waals surface area contributed by atoms with Gasteiger partial charge in [0.05, 0.1) is 4.92 Å². The first-order valence-corrected chi connectivity index (χ1v) is 8.68. The van der Waals surface area contributed by atoms with Gasteiger partial charge in [-0.3, -0.25) is 14.9 Å². The molecule has 9 heteroatoms. The number of nitro groups is 1. The fraction of sp³-hybridized carbons (Fsp3) is 0.0556. The second-order valence-electron chi connectivity index (χ2n) is 5.53. The molecule has 3 aromatic rings. The van der Waals surface area contributed by atoms with E-state index in [1.165, 1.54) is 36.0 Å². The normalized spacial score (nSPS) is 10.9. The summed E-state index contributed by atoms with van der Waals surface area (Å²) in [6.45, 7) is 0. The van der Waals surface area contributed by atoms with Crippen LogP contribution in [0.4, 0.5) is 11.4 Å². The van der Waals surface area contributed by atoms with Gasteiger partial charge in [0.1, 0.15) is 6.33 Å². The minimum Gasteiger partial charge on any atom is -0.323 e. The van der Waals surface area contributed by atoms with Crippen LogP contribution in [-0.2, 0) is 11.8 Å². The molecule has 1 heterocycles. The van der Waals surface area contributed by atoms with Crippen LogP contribution >= 0.6 is 11.8 Å². The van der Waals surface area contributed by atoms with Crippen molar-refractivity contribution in [1.29, 1.82) is 0 Å². The van der Waals surface area contributed by atoms with Crippen LogP contribution in [0.25, 0.3) is 6.08 Å². The molecule has 0 saturated carbocycles. The summed E-state index contributed by atoms with van der Waals surface area (Å²) in [5, 5.41) is 22.1. The molecule has 1 amide bonds. The van der Waals surface area contributed by atoms with Crippen LogP contribution in [0.2, 0.25) is 0 Å². The van der Waals surface area contributed by atoms with Crippen molar-refractivity contribution in [3.63, 3.8) is 0 Å². The first-order valence-electron chi connectivity index (χ1n) is 7.87. The molecule has 0 unspecified atom stereocenters. The molecular formula is C18H15N5O3S. The van der Waals surface area contributed by atoms with Crippen molar-refractivity contribution in [2.24, 2.45) is 7.05 Å². The van der Waals surface area contributed by atoms with E-state index in [1.54, 1.807) is 30.6 Å². The smallest absolute Gasteiger partial charge is 0.270 e. The summed E-state index contributed by atoms with van der Waals surface area (Å²) >= 11 is 1.47. The molecule has 136 valence electrons. The van der Waals surface area contributed by atoms with Crippen LogP contribution in [0, 0.1) is 10.1 Å². The van der Waals surface area contributed by atoms with Crippen LogP contribution in [0.5, 0.6) is 0 Å². The van der Waals surface area contributed by atoms with Crippen LogP contribution in [0.3, 0.4) is 0 Å². The third kappa shape index (κ3) is 5.02.